The van der Waals surface area contributed by atoms with Crippen LogP contribution in [0.3, 0.4) is 0 Å². The molecular weight excluding hydrogens is 218 g/mol. The van der Waals surface area contributed by atoms with Crippen molar-refractivity contribution in [2.75, 3.05) is 27.3 Å². The molecule has 5 nitrogen and oxygen atoms in total. The summed E-state index contributed by atoms with van der Waals surface area (Å²) in [4.78, 5) is 4.27. The smallest absolute Gasteiger partial charge is 0.191 e. The van der Waals surface area contributed by atoms with Crippen molar-refractivity contribution < 1.29 is 9.47 Å². The lowest BCUT2D eigenvalue weighted by Gasteiger charge is -2.13. The number of methoxy groups -OCH3 is 2. The van der Waals surface area contributed by atoms with E-state index in [0.717, 1.165) is 36.1 Å². The molecule has 17 heavy (non-hydrogen) atoms. The van der Waals surface area contributed by atoms with E-state index in [-0.39, 0.29) is 0 Å². The van der Waals surface area contributed by atoms with Gasteiger partial charge in [-0.05, 0) is 6.07 Å². The normalized spacial score (nSPS) is 13.9. The molecule has 0 radical (unpaired) electrons. The number of rotatable bonds is 4. The Morgan fingerprint density at radius 2 is 2.24 bits per heavy atom. The lowest BCUT2D eigenvalue weighted by Crippen LogP contribution is -2.33. The molecule has 0 bridgehead atoms. The summed E-state index contributed by atoms with van der Waals surface area (Å²) < 4.78 is 10.6. The van der Waals surface area contributed by atoms with Crippen LogP contribution < -0.4 is 20.1 Å². The second-order valence-electron chi connectivity index (χ2n) is 3.66. The molecule has 0 unspecified atom stereocenters. The van der Waals surface area contributed by atoms with E-state index >= 15 is 0 Å². The molecule has 0 fully saturated rings. The van der Waals surface area contributed by atoms with Gasteiger partial charge in [0.05, 0.1) is 20.8 Å². The van der Waals surface area contributed by atoms with E-state index in [2.05, 4.69) is 15.6 Å². The maximum atomic E-state index is 5.36. The zero-order valence-corrected chi connectivity index (χ0v) is 10.1. The van der Waals surface area contributed by atoms with Gasteiger partial charge in [-0.1, -0.05) is 12.1 Å². The molecule has 0 aliphatic carbocycles. The molecule has 0 saturated heterocycles. The monoisotopic (exact) mass is 235 g/mol. The Morgan fingerprint density at radius 3 is 2.88 bits per heavy atom. The Kier molecular flexibility index (Phi) is 3.69. The molecule has 0 atom stereocenters. The third kappa shape index (κ3) is 2.61. The molecule has 2 rings (SSSR count). The van der Waals surface area contributed by atoms with E-state index in [0.29, 0.717) is 6.54 Å². The van der Waals surface area contributed by atoms with Crippen molar-refractivity contribution in [2.24, 2.45) is 4.99 Å². The summed E-state index contributed by atoms with van der Waals surface area (Å²) in [6.45, 7) is 2.39. The lowest BCUT2D eigenvalue weighted by atomic mass is 10.2. The first-order chi connectivity index (χ1) is 8.35. The molecule has 5 heteroatoms. The molecule has 0 spiro atoms. The summed E-state index contributed by atoms with van der Waals surface area (Å²) >= 11 is 0. The van der Waals surface area contributed by atoms with Crippen molar-refractivity contribution in [3.8, 4) is 11.5 Å². The van der Waals surface area contributed by atoms with Gasteiger partial charge in [-0.25, -0.2) is 0 Å². The molecule has 1 heterocycles. The highest BCUT2D eigenvalue weighted by molar-refractivity contribution is 5.81. The minimum Gasteiger partial charge on any atom is -0.493 e. The fourth-order valence-electron chi connectivity index (χ4n) is 1.79. The van der Waals surface area contributed by atoms with Gasteiger partial charge in [-0.2, -0.15) is 0 Å². The highest BCUT2D eigenvalue weighted by atomic mass is 16.5. The van der Waals surface area contributed by atoms with Gasteiger partial charge in [0, 0.05) is 18.7 Å². The molecule has 1 aliphatic rings. The van der Waals surface area contributed by atoms with Crippen LogP contribution in [0, 0.1) is 0 Å². The summed E-state index contributed by atoms with van der Waals surface area (Å²) in [5, 5.41) is 6.39. The van der Waals surface area contributed by atoms with Crippen LogP contribution in [0.5, 0.6) is 11.5 Å². The second-order valence-corrected chi connectivity index (χ2v) is 3.66. The van der Waals surface area contributed by atoms with E-state index < -0.39 is 0 Å². The van der Waals surface area contributed by atoms with Crippen molar-refractivity contribution in [1.29, 1.82) is 0 Å². The highest BCUT2D eigenvalue weighted by Gasteiger charge is 2.10. The van der Waals surface area contributed by atoms with Crippen LogP contribution >= 0.6 is 0 Å². The van der Waals surface area contributed by atoms with Gasteiger partial charge in [-0.15, -0.1) is 0 Å². The standard InChI is InChI=1S/C12H17N3O2/c1-16-10-5-3-4-9(11(10)17-2)8-15-12-13-6-7-14-12/h3-5H,6-8H2,1-2H3,(H2,13,14,15). The quantitative estimate of drug-likeness (QED) is 0.808. The van der Waals surface area contributed by atoms with E-state index in [1.165, 1.54) is 0 Å². The van der Waals surface area contributed by atoms with E-state index in [9.17, 15) is 0 Å². The van der Waals surface area contributed by atoms with Gasteiger partial charge < -0.3 is 20.1 Å². The zero-order valence-electron chi connectivity index (χ0n) is 10.1. The Bertz CT molecular complexity index is 418. The first-order valence-electron chi connectivity index (χ1n) is 5.57. The van der Waals surface area contributed by atoms with Crippen molar-refractivity contribution in [3.05, 3.63) is 23.8 Å². The molecule has 1 aliphatic heterocycles. The molecular formula is C12H17N3O2. The fourth-order valence-corrected chi connectivity index (χ4v) is 1.79. The second kappa shape index (κ2) is 5.43. The molecule has 1 aromatic rings. The molecule has 0 aromatic heterocycles. The number of benzene rings is 1. The maximum Gasteiger partial charge on any atom is 0.191 e. The number of nitrogens with zero attached hydrogens (tertiary/aromatic N) is 1. The van der Waals surface area contributed by atoms with Gasteiger partial charge in [0.1, 0.15) is 0 Å². The molecule has 2 N–H and O–H groups in total. The number of nitrogens with one attached hydrogen (secondary N) is 2. The van der Waals surface area contributed by atoms with Gasteiger partial charge in [0.25, 0.3) is 0 Å². The van der Waals surface area contributed by atoms with Crippen molar-refractivity contribution in [2.45, 2.75) is 6.54 Å². The predicted molar refractivity (Wildman–Crippen MR) is 66.7 cm³/mol. The minimum absolute atomic E-state index is 0.659. The minimum atomic E-state index is 0.659. The SMILES string of the molecule is COc1cccc(CNC2=NCCN2)c1OC. The van der Waals surface area contributed by atoms with Crippen molar-refractivity contribution in [3.63, 3.8) is 0 Å². The van der Waals surface area contributed by atoms with Crippen molar-refractivity contribution in [1.82, 2.24) is 10.6 Å². The molecule has 92 valence electrons. The van der Waals surface area contributed by atoms with Crippen LogP contribution in [0.4, 0.5) is 0 Å². The topological polar surface area (TPSA) is 54.9 Å². The third-order valence-corrected chi connectivity index (χ3v) is 2.60. The Morgan fingerprint density at radius 1 is 1.35 bits per heavy atom. The van der Waals surface area contributed by atoms with E-state index in [1.807, 2.05) is 18.2 Å². The summed E-state index contributed by atoms with van der Waals surface area (Å²) in [6.07, 6.45) is 0. The number of para-hydroxylation sites is 1. The Labute approximate surface area is 101 Å². The molecule has 0 saturated carbocycles. The molecule has 1 aromatic carbocycles. The van der Waals surface area contributed by atoms with Gasteiger partial charge in [-0.3, -0.25) is 4.99 Å². The first-order valence-corrected chi connectivity index (χ1v) is 5.57. The summed E-state index contributed by atoms with van der Waals surface area (Å²) in [6, 6.07) is 5.83. The van der Waals surface area contributed by atoms with Crippen LogP contribution in [-0.4, -0.2) is 33.3 Å². The van der Waals surface area contributed by atoms with Crippen LogP contribution in [0.25, 0.3) is 0 Å². The van der Waals surface area contributed by atoms with Gasteiger partial charge in [0.2, 0.25) is 0 Å². The fraction of sp³-hybridized carbons (Fsp3) is 0.417. The summed E-state index contributed by atoms with van der Waals surface area (Å²) in [5.41, 5.74) is 1.04. The summed E-state index contributed by atoms with van der Waals surface area (Å²) in [5.74, 6) is 2.35. The lowest BCUT2D eigenvalue weighted by molar-refractivity contribution is 0.351. The maximum absolute atomic E-state index is 5.36. The van der Waals surface area contributed by atoms with Crippen LogP contribution in [0.15, 0.2) is 23.2 Å². The largest absolute Gasteiger partial charge is 0.493 e. The summed E-state index contributed by atoms with van der Waals surface area (Å²) in [7, 11) is 3.28. The number of guanidine groups is 1. The first kappa shape index (κ1) is 11.6. The Hall–Kier alpha value is -1.91. The number of aliphatic imine (C=N–C) groups is 1. The van der Waals surface area contributed by atoms with Crippen molar-refractivity contribution >= 4 is 5.96 Å². The highest BCUT2D eigenvalue weighted by Crippen LogP contribution is 2.30. The number of hydrogen-bond acceptors (Lipinski definition) is 5. The number of ether oxygens (including phenoxy) is 2. The average molecular weight is 235 g/mol. The average Bonchev–Trinajstić information content (AvgIpc) is 2.88. The van der Waals surface area contributed by atoms with Gasteiger partial charge in [0.15, 0.2) is 17.5 Å². The van der Waals surface area contributed by atoms with Gasteiger partial charge >= 0.3 is 0 Å². The zero-order chi connectivity index (χ0) is 12.1. The Balaban J connectivity index is 2.08. The number of hydrogen-bond donors (Lipinski definition) is 2. The predicted octanol–water partition coefficient (Wildman–Crippen LogP) is 0.753. The van der Waals surface area contributed by atoms with Crippen LogP contribution in [-0.2, 0) is 6.54 Å². The third-order valence-electron chi connectivity index (χ3n) is 2.60. The van der Waals surface area contributed by atoms with E-state index in [1.54, 1.807) is 14.2 Å². The van der Waals surface area contributed by atoms with Crippen LogP contribution in [0.2, 0.25) is 0 Å². The van der Waals surface area contributed by atoms with Crippen LogP contribution in [0.1, 0.15) is 5.56 Å². The molecule has 0 amide bonds. The van der Waals surface area contributed by atoms with E-state index in [4.69, 9.17) is 9.47 Å².